The van der Waals surface area contributed by atoms with Gasteiger partial charge >= 0.3 is 0 Å². The molecule has 0 saturated carbocycles. The van der Waals surface area contributed by atoms with Gasteiger partial charge in [-0.05, 0) is 0 Å². The van der Waals surface area contributed by atoms with Crippen molar-refractivity contribution in [2.45, 2.75) is 0 Å². The molecule has 0 aliphatic carbocycles. The first-order valence-electron chi connectivity index (χ1n) is 2.92. The molecule has 1 nitrogen and oxygen atoms in total. The van der Waals surface area contributed by atoms with Crippen LogP contribution in [0.4, 0.5) is 14.6 Å². The zero-order chi connectivity index (χ0) is 7.61. The fourth-order valence-electron chi connectivity index (χ4n) is 0.690. The molecule has 1 aromatic rings. The Labute approximate surface area is 58.0 Å². The Balaban J connectivity index is 2.97. The van der Waals surface area contributed by atoms with Gasteiger partial charge in [0.2, 0.25) is 5.69 Å². The lowest BCUT2D eigenvalue weighted by Crippen LogP contribution is -2.22. The molecule has 0 atom stereocenters. The summed E-state index contributed by atoms with van der Waals surface area (Å²) in [6.45, 7) is 0. The predicted molar refractivity (Wildman–Crippen MR) is 36.4 cm³/mol. The van der Waals surface area contributed by atoms with E-state index in [1.807, 2.05) is 0 Å². The van der Waals surface area contributed by atoms with Gasteiger partial charge < -0.3 is 0 Å². The Morgan fingerprint density at radius 1 is 1.10 bits per heavy atom. The minimum atomic E-state index is -2.11. The normalized spacial score (nSPS) is 11.5. The van der Waals surface area contributed by atoms with Gasteiger partial charge in [0.25, 0.3) is 0 Å². The Bertz CT molecular complexity index is 203. The van der Waals surface area contributed by atoms with Crippen molar-refractivity contribution < 1.29 is 8.96 Å². The van der Waals surface area contributed by atoms with Gasteiger partial charge in [-0.3, -0.25) is 0 Å². The van der Waals surface area contributed by atoms with Crippen molar-refractivity contribution in [2.24, 2.45) is 0 Å². The molecule has 0 heterocycles. The highest BCUT2D eigenvalue weighted by Crippen LogP contribution is 2.20. The molecule has 0 aliphatic heterocycles. The van der Waals surface area contributed by atoms with E-state index in [-0.39, 0.29) is 5.69 Å². The van der Waals surface area contributed by atoms with Crippen molar-refractivity contribution in [1.29, 1.82) is 0 Å². The standard InChI is InChI=1S/C7H8F2N/c1-10(8,9)7-5-3-2-4-6-7/h2-6H,1H3/q+1. The Morgan fingerprint density at radius 3 is 1.90 bits per heavy atom. The summed E-state index contributed by atoms with van der Waals surface area (Å²) in [5, 5.41) is 0. The molecule has 0 aromatic heterocycles. The largest absolute Gasteiger partial charge is 0.213 e. The summed E-state index contributed by atoms with van der Waals surface area (Å²) in [6.07, 6.45) is 0. The molecule has 54 valence electrons. The lowest BCUT2D eigenvalue weighted by Gasteiger charge is -2.04. The summed E-state index contributed by atoms with van der Waals surface area (Å²) in [5.74, 6) is 0. The van der Waals surface area contributed by atoms with Crippen molar-refractivity contribution in [3.8, 4) is 0 Å². The minimum Gasteiger partial charge on any atom is -0.0618 e. The van der Waals surface area contributed by atoms with Crippen molar-refractivity contribution in [2.75, 3.05) is 7.05 Å². The second kappa shape index (κ2) is 2.34. The Hall–Kier alpha value is -0.960. The number of hydrogen-bond acceptors (Lipinski definition) is 0. The minimum absolute atomic E-state index is 0.00231. The van der Waals surface area contributed by atoms with E-state index in [2.05, 4.69) is 0 Å². The summed E-state index contributed by atoms with van der Waals surface area (Å²) in [7, 11) is 0.829. The van der Waals surface area contributed by atoms with Gasteiger partial charge in [0.15, 0.2) is 7.05 Å². The van der Waals surface area contributed by atoms with Crippen LogP contribution in [-0.4, -0.2) is 7.05 Å². The van der Waals surface area contributed by atoms with E-state index in [9.17, 15) is 8.96 Å². The smallest absolute Gasteiger partial charge is 0.0618 e. The molecule has 1 rings (SSSR count). The van der Waals surface area contributed by atoms with Crippen LogP contribution in [0.2, 0.25) is 0 Å². The summed E-state index contributed by atoms with van der Waals surface area (Å²) >= 11 is 0. The molecule has 1 aromatic carbocycles. The average molecular weight is 144 g/mol. The molecule has 0 amide bonds. The lowest BCUT2D eigenvalue weighted by atomic mass is 10.3. The van der Waals surface area contributed by atoms with E-state index < -0.39 is 4.93 Å². The van der Waals surface area contributed by atoms with Gasteiger partial charge in [0.1, 0.15) is 0 Å². The SMILES string of the molecule is C[N+](F)(F)c1ccccc1. The van der Waals surface area contributed by atoms with Gasteiger partial charge in [-0.1, -0.05) is 18.2 Å². The van der Waals surface area contributed by atoms with Gasteiger partial charge in [-0.2, -0.15) is 0 Å². The molecule has 0 saturated heterocycles. The van der Waals surface area contributed by atoms with E-state index in [0.717, 1.165) is 7.05 Å². The fraction of sp³-hybridized carbons (Fsp3) is 0.143. The topological polar surface area (TPSA) is 0 Å². The number of hydrogen-bond donors (Lipinski definition) is 0. The van der Waals surface area contributed by atoms with Crippen LogP contribution in [0.15, 0.2) is 30.3 Å². The van der Waals surface area contributed by atoms with Crippen LogP contribution in [-0.2, 0) is 0 Å². The molecule has 0 N–H and O–H groups in total. The quantitative estimate of drug-likeness (QED) is 0.531. The summed E-state index contributed by atoms with van der Waals surface area (Å²) < 4.78 is 24.8. The van der Waals surface area contributed by atoms with Crippen molar-refractivity contribution in [3.05, 3.63) is 30.3 Å². The van der Waals surface area contributed by atoms with Crippen LogP contribution >= 0.6 is 0 Å². The summed E-state index contributed by atoms with van der Waals surface area (Å²) in [5.41, 5.74) is 0.00231. The molecule has 0 unspecified atom stereocenters. The van der Waals surface area contributed by atoms with Gasteiger partial charge in [-0.15, -0.1) is 0 Å². The molecule has 10 heavy (non-hydrogen) atoms. The second-order valence-corrected chi connectivity index (χ2v) is 2.13. The molecular formula is C7H8F2N+. The third-order valence-electron chi connectivity index (χ3n) is 1.21. The molecule has 0 bridgehead atoms. The van der Waals surface area contributed by atoms with E-state index in [0.29, 0.717) is 0 Å². The van der Waals surface area contributed by atoms with Crippen molar-refractivity contribution in [3.63, 3.8) is 0 Å². The molecule has 3 heteroatoms. The number of halogens is 2. The predicted octanol–water partition coefficient (Wildman–Crippen LogP) is 2.39. The van der Waals surface area contributed by atoms with Crippen LogP contribution in [0.25, 0.3) is 0 Å². The highest BCUT2D eigenvalue weighted by atomic mass is 19.4. The van der Waals surface area contributed by atoms with Crippen molar-refractivity contribution >= 4 is 5.69 Å². The highest BCUT2D eigenvalue weighted by Gasteiger charge is 2.25. The lowest BCUT2D eigenvalue weighted by molar-refractivity contribution is -0.114. The Morgan fingerprint density at radius 2 is 1.60 bits per heavy atom. The number of nitrogens with zero attached hydrogens (tertiary/aromatic N) is 1. The monoisotopic (exact) mass is 144 g/mol. The third-order valence-corrected chi connectivity index (χ3v) is 1.21. The molecule has 0 spiro atoms. The summed E-state index contributed by atoms with van der Waals surface area (Å²) in [6, 6.07) is 7.66. The van der Waals surface area contributed by atoms with E-state index in [1.54, 1.807) is 18.2 Å². The first-order chi connectivity index (χ1) is 4.61. The van der Waals surface area contributed by atoms with E-state index >= 15 is 0 Å². The fourth-order valence-corrected chi connectivity index (χ4v) is 0.690. The molecular weight excluding hydrogens is 136 g/mol. The summed E-state index contributed by atoms with van der Waals surface area (Å²) in [4.78, 5) is -2.11. The van der Waals surface area contributed by atoms with Crippen molar-refractivity contribution in [1.82, 2.24) is 4.93 Å². The zero-order valence-electron chi connectivity index (χ0n) is 5.59. The van der Waals surface area contributed by atoms with Crippen LogP contribution in [0, 0.1) is 0 Å². The first kappa shape index (κ1) is 7.15. The van der Waals surface area contributed by atoms with E-state index in [4.69, 9.17) is 0 Å². The van der Waals surface area contributed by atoms with Crippen LogP contribution < -0.4 is 4.93 Å². The maximum Gasteiger partial charge on any atom is 0.213 e. The highest BCUT2D eigenvalue weighted by molar-refractivity contribution is 5.37. The number of rotatable bonds is 1. The van der Waals surface area contributed by atoms with E-state index in [1.165, 1.54) is 12.1 Å². The molecule has 0 radical (unpaired) electrons. The average Bonchev–Trinajstić information content (AvgIpc) is 1.88. The third kappa shape index (κ3) is 1.51. The van der Waals surface area contributed by atoms with Crippen LogP contribution in [0.3, 0.4) is 0 Å². The zero-order valence-corrected chi connectivity index (χ0v) is 5.59. The van der Waals surface area contributed by atoms with Crippen LogP contribution in [0.5, 0.6) is 0 Å². The number of benzene rings is 1. The molecule has 0 aliphatic rings. The van der Waals surface area contributed by atoms with Gasteiger partial charge in [0, 0.05) is 21.1 Å². The Kier molecular flexibility index (Phi) is 1.68. The van der Waals surface area contributed by atoms with Gasteiger partial charge in [-0.25, -0.2) is 0 Å². The van der Waals surface area contributed by atoms with Crippen LogP contribution in [0.1, 0.15) is 0 Å². The van der Waals surface area contributed by atoms with Gasteiger partial charge in [0.05, 0.1) is 4.93 Å². The first-order valence-corrected chi connectivity index (χ1v) is 2.92. The second-order valence-electron chi connectivity index (χ2n) is 2.13. The maximum absolute atomic E-state index is 12.4. The number of quaternary nitrogens is 1. The maximum atomic E-state index is 12.4. The molecule has 0 fully saturated rings. The number of para-hydroxylation sites is 1.